The van der Waals surface area contributed by atoms with E-state index >= 15 is 0 Å². The largest absolute Gasteiger partial charge is 0.743 e. The molecular weight excluding hydrogens is 833 g/mol. The van der Waals surface area contributed by atoms with Gasteiger partial charge in [-0.2, -0.15) is 35.1 Å². The van der Waals surface area contributed by atoms with E-state index in [1.165, 1.54) is 31.4 Å². The average Bonchev–Trinajstić information content (AvgIpc) is 3.09. The zero-order valence-electron chi connectivity index (χ0n) is 35.8. The van der Waals surface area contributed by atoms with Crippen molar-refractivity contribution < 1.29 is 52.8 Å². The van der Waals surface area contributed by atoms with Crippen LogP contribution in [-0.4, -0.2) is 36.4 Å². The molecule has 0 aliphatic heterocycles. The van der Waals surface area contributed by atoms with Crippen molar-refractivity contribution in [2.24, 2.45) is 23.2 Å². The Morgan fingerprint density at radius 2 is 0.867 bits per heavy atom. The minimum Gasteiger partial charge on any atom is -0.743 e. The first kappa shape index (κ1) is 48.4. The Bertz CT molecular complexity index is 1880. The van der Waals surface area contributed by atoms with Crippen LogP contribution >= 0.6 is 0 Å². The third kappa shape index (κ3) is 10.6. The topological polar surface area (TPSA) is 66.4 Å². The standard InChI is InChI=1S/C30H39S.C16H20F8O4S/c1-28(2,3)22-10-16-25(17-11-22)31(26-18-12-23(13-19-26)29(4,5)6)27-20-14-24(15-21-27)30(7,8)9;17-13(18,14(19,20)28-15(21,22)16(23,24)29(25,26)27)2-1-12-6-9-3-10(7-12)5-11(4-9)8-12/h10-21H,1-9H3;9-11H,1-8H2,(H,25,26,27)/q+1;/p-1. The first-order valence-electron chi connectivity index (χ1n) is 20.4. The summed E-state index contributed by atoms with van der Waals surface area (Å²) in [4.78, 5) is 4.13. The first-order chi connectivity index (χ1) is 27.2. The molecule has 4 nitrogen and oxygen atoms in total. The van der Waals surface area contributed by atoms with E-state index in [0.29, 0.717) is 37.0 Å². The molecule has 0 unspecified atom stereocenters. The summed E-state index contributed by atoms with van der Waals surface area (Å²) < 4.78 is 141. The Morgan fingerprint density at radius 3 is 1.13 bits per heavy atom. The molecule has 0 aromatic heterocycles. The number of hydrogen-bond acceptors (Lipinski definition) is 4. The Morgan fingerprint density at radius 1 is 0.567 bits per heavy atom. The Balaban J connectivity index is 0.000000228. The van der Waals surface area contributed by atoms with E-state index in [0.717, 1.165) is 19.3 Å². The van der Waals surface area contributed by atoms with Crippen LogP contribution in [0.15, 0.2) is 87.5 Å². The van der Waals surface area contributed by atoms with Crippen LogP contribution in [0.4, 0.5) is 35.1 Å². The van der Waals surface area contributed by atoms with E-state index in [-0.39, 0.29) is 27.1 Å². The number of halogens is 8. The summed E-state index contributed by atoms with van der Waals surface area (Å²) >= 11 is 0. The fraction of sp³-hybridized carbons (Fsp3) is 0.609. The molecule has 4 bridgehead atoms. The highest BCUT2D eigenvalue weighted by atomic mass is 32.2. The summed E-state index contributed by atoms with van der Waals surface area (Å²) in [6.07, 6.45) is -10.3. The Labute approximate surface area is 353 Å². The number of rotatable bonds is 11. The van der Waals surface area contributed by atoms with Gasteiger partial charge in [-0.15, -0.1) is 0 Å². The zero-order chi connectivity index (χ0) is 45.1. The normalized spacial score (nSPS) is 22.8. The van der Waals surface area contributed by atoms with Gasteiger partial charge in [-0.1, -0.05) is 98.7 Å². The minimum atomic E-state index is -7.16. The summed E-state index contributed by atoms with van der Waals surface area (Å²) in [7, 11) is -7.28. The molecule has 0 spiro atoms. The van der Waals surface area contributed by atoms with Gasteiger partial charge in [0.1, 0.15) is 0 Å². The highest BCUT2D eigenvalue weighted by Gasteiger charge is 2.71. The molecule has 14 heteroatoms. The predicted molar refractivity (Wildman–Crippen MR) is 218 cm³/mol. The second-order valence-electron chi connectivity index (χ2n) is 20.4. The van der Waals surface area contributed by atoms with Crippen molar-refractivity contribution in [3.63, 3.8) is 0 Å². The van der Waals surface area contributed by atoms with Gasteiger partial charge >= 0.3 is 23.4 Å². The van der Waals surface area contributed by atoms with Crippen molar-refractivity contribution in [2.75, 3.05) is 0 Å². The minimum absolute atomic E-state index is 0.120. The van der Waals surface area contributed by atoms with Crippen LogP contribution in [0.3, 0.4) is 0 Å². The van der Waals surface area contributed by atoms with Crippen molar-refractivity contribution in [1.29, 1.82) is 0 Å². The first-order valence-corrected chi connectivity index (χ1v) is 23.0. The van der Waals surface area contributed by atoms with Crippen molar-refractivity contribution in [1.82, 2.24) is 0 Å². The Kier molecular flexibility index (Phi) is 13.3. The quantitative estimate of drug-likeness (QED) is 0.109. The van der Waals surface area contributed by atoms with Gasteiger partial charge in [0.25, 0.3) is 0 Å². The van der Waals surface area contributed by atoms with Crippen LogP contribution in [0.25, 0.3) is 0 Å². The lowest BCUT2D eigenvalue weighted by Crippen LogP contribution is -2.56. The second kappa shape index (κ2) is 16.5. The molecule has 4 aliphatic carbocycles. The molecule has 0 radical (unpaired) electrons. The van der Waals surface area contributed by atoms with Crippen LogP contribution in [0.5, 0.6) is 0 Å². The smallest absolute Gasteiger partial charge is 0.438 e. The summed E-state index contributed by atoms with van der Waals surface area (Å²) in [6.45, 7) is 20.5. The van der Waals surface area contributed by atoms with Crippen LogP contribution in [0.2, 0.25) is 0 Å². The summed E-state index contributed by atoms with van der Waals surface area (Å²) in [5, 5.41) is -6.65. The maximum Gasteiger partial charge on any atom is 0.438 e. The third-order valence-corrected chi connectivity index (χ3v) is 15.4. The maximum absolute atomic E-state index is 14.0. The number of benzene rings is 3. The third-order valence-electron chi connectivity index (χ3n) is 12.3. The molecule has 3 aromatic carbocycles. The molecule has 4 saturated carbocycles. The molecule has 0 N–H and O–H groups in total. The lowest BCUT2D eigenvalue weighted by Gasteiger charge is -2.57. The van der Waals surface area contributed by atoms with Crippen molar-refractivity contribution in [2.45, 2.75) is 168 Å². The van der Waals surface area contributed by atoms with Crippen molar-refractivity contribution in [3.8, 4) is 0 Å². The fourth-order valence-electron chi connectivity index (χ4n) is 9.29. The molecule has 4 fully saturated rings. The van der Waals surface area contributed by atoms with Gasteiger partial charge < -0.3 is 4.55 Å². The van der Waals surface area contributed by atoms with Crippen LogP contribution in [-0.2, 0) is 42.0 Å². The lowest BCUT2D eigenvalue weighted by molar-refractivity contribution is -0.457. The van der Waals surface area contributed by atoms with E-state index in [1.807, 2.05) is 0 Å². The van der Waals surface area contributed by atoms with Crippen LogP contribution in [0, 0.1) is 23.2 Å². The average molecular weight is 891 g/mol. The zero-order valence-corrected chi connectivity index (χ0v) is 37.4. The highest BCUT2D eigenvalue weighted by molar-refractivity contribution is 7.97. The van der Waals surface area contributed by atoms with Gasteiger partial charge in [0, 0.05) is 6.42 Å². The molecule has 0 amide bonds. The van der Waals surface area contributed by atoms with Crippen molar-refractivity contribution >= 4 is 21.0 Å². The maximum atomic E-state index is 14.0. The van der Waals surface area contributed by atoms with E-state index < -0.39 is 51.8 Å². The van der Waals surface area contributed by atoms with Crippen LogP contribution < -0.4 is 0 Å². The second-order valence-corrected chi connectivity index (χ2v) is 23.8. The van der Waals surface area contributed by atoms with Crippen molar-refractivity contribution in [3.05, 3.63) is 89.5 Å². The molecule has 4 aliphatic rings. The summed E-state index contributed by atoms with van der Waals surface area (Å²) in [5.74, 6) is -4.37. The lowest BCUT2D eigenvalue weighted by atomic mass is 9.48. The number of ether oxygens (including phenoxy) is 1. The van der Waals surface area contributed by atoms with E-state index in [2.05, 4.69) is 140 Å². The van der Waals surface area contributed by atoms with Crippen LogP contribution in [0.1, 0.15) is 130 Å². The molecule has 0 atom stereocenters. The van der Waals surface area contributed by atoms with Gasteiger partial charge in [0.15, 0.2) is 24.8 Å². The summed E-state index contributed by atoms with van der Waals surface area (Å²) in [5.41, 5.74) is 4.02. The monoisotopic (exact) mass is 890 g/mol. The highest BCUT2D eigenvalue weighted by Crippen LogP contribution is 2.62. The van der Waals surface area contributed by atoms with Gasteiger partial charge in [-0.25, -0.2) is 13.2 Å². The molecule has 0 saturated heterocycles. The van der Waals surface area contributed by atoms with E-state index in [1.54, 1.807) is 0 Å². The molecule has 60 heavy (non-hydrogen) atoms. The predicted octanol–water partition coefficient (Wildman–Crippen LogP) is 13.6. The van der Waals surface area contributed by atoms with Gasteiger partial charge in [0.2, 0.25) is 0 Å². The van der Waals surface area contributed by atoms with Gasteiger partial charge in [-0.05, 0) is 137 Å². The summed E-state index contributed by atoms with van der Waals surface area (Å²) in [6, 6.07) is 27.8. The molecule has 0 heterocycles. The SMILES string of the molecule is CC(C)(C)c1ccc([S+](c2ccc(C(C)(C)C)cc2)c2ccc(C(C)(C)C)cc2)cc1.O=S(=O)([O-])C(F)(F)C(F)(F)OC(F)(F)C(F)(F)CCC12CC3CC(CC(C3)C1)C2. The number of hydrogen-bond donors (Lipinski definition) is 0. The van der Waals surface area contributed by atoms with E-state index in [9.17, 15) is 48.1 Å². The molecule has 334 valence electrons. The molecular formula is C46H58F8O4S2. The fourth-order valence-corrected chi connectivity index (χ4v) is 11.7. The van der Waals surface area contributed by atoms with Gasteiger partial charge in [-0.3, -0.25) is 0 Å². The number of alkyl halides is 8. The molecule has 7 rings (SSSR count). The molecule has 3 aromatic rings. The Hall–Kier alpha value is -2.68. The van der Waals surface area contributed by atoms with E-state index in [4.69, 9.17) is 0 Å². The van der Waals surface area contributed by atoms with Gasteiger partial charge in [0.05, 0.1) is 10.9 Å².